The monoisotopic (exact) mass is 459 g/mol. The van der Waals surface area contributed by atoms with Gasteiger partial charge in [-0.05, 0) is 26.3 Å². The second-order valence-electron chi connectivity index (χ2n) is 7.41. The Labute approximate surface area is 190 Å². The fourth-order valence-corrected chi connectivity index (χ4v) is 3.39. The first kappa shape index (κ1) is 25.2. The third-order valence-corrected chi connectivity index (χ3v) is 4.83. The number of amides is 3. The van der Waals surface area contributed by atoms with Crippen molar-refractivity contribution in [2.24, 2.45) is 0 Å². The van der Waals surface area contributed by atoms with E-state index in [9.17, 15) is 29.3 Å². The Hall–Kier alpha value is -4.02. The molecule has 0 aliphatic carbocycles. The standard InChI is InChI=1S/C22H25N3O8/c1-6-10-23-14(4)19(21(28)33-13(2)3)20(15-8-7-9-16(11-15)25(30)31)24(22(23)29)17(26)12-18(27)32-5/h6-9,11,13,20H,1,10,12H2,2-5H3. The lowest BCUT2D eigenvalue weighted by Gasteiger charge is -2.41. The summed E-state index contributed by atoms with van der Waals surface area (Å²) in [5.41, 5.74) is -0.0415. The first-order chi connectivity index (χ1) is 15.5. The van der Waals surface area contributed by atoms with Gasteiger partial charge < -0.3 is 9.47 Å². The molecule has 1 atom stereocenters. The summed E-state index contributed by atoms with van der Waals surface area (Å²) in [4.78, 5) is 63.9. The molecule has 176 valence electrons. The number of hydrogen-bond acceptors (Lipinski definition) is 8. The number of ether oxygens (including phenoxy) is 2. The number of nitro groups is 1. The van der Waals surface area contributed by atoms with Gasteiger partial charge in [-0.1, -0.05) is 18.2 Å². The smallest absolute Gasteiger partial charge is 0.338 e. The van der Waals surface area contributed by atoms with Crippen LogP contribution in [-0.2, 0) is 23.9 Å². The van der Waals surface area contributed by atoms with Gasteiger partial charge in [-0.3, -0.25) is 29.5 Å². The van der Waals surface area contributed by atoms with E-state index in [1.807, 2.05) is 0 Å². The molecule has 1 aromatic carbocycles. The van der Waals surface area contributed by atoms with Gasteiger partial charge in [0.15, 0.2) is 0 Å². The Balaban J connectivity index is 2.80. The van der Waals surface area contributed by atoms with Crippen molar-refractivity contribution in [3.05, 3.63) is 63.9 Å². The van der Waals surface area contributed by atoms with Gasteiger partial charge in [-0.25, -0.2) is 9.59 Å². The van der Waals surface area contributed by atoms with Gasteiger partial charge in [0.25, 0.3) is 5.69 Å². The Kier molecular flexibility index (Phi) is 8.05. The zero-order valence-corrected chi connectivity index (χ0v) is 18.8. The largest absolute Gasteiger partial charge is 0.469 e. The van der Waals surface area contributed by atoms with E-state index in [1.54, 1.807) is 13.8 Å². The number of methoxy groups -OCH3 is 1. The average Bonchev–Trinajstić information content (AvgIpc) is 2.75. The van der Waals surface area contributed by atoms with Crippen LogP contribution in [0.1, 0.15) is 38.8 Å². The van der Waals surface area contributed by atoms with Gasteiger partial charge in [-0.15, -0.1) is 6.58 Å². The topological polar surface area (TPSA) is 136 Å². The predicted octanol–water partition coefficient (Wildman–Crippen LogP) is 2.87. The predicted molar refractivity (Wildman–Crippen MR) is 116 cm³/mol. The highest BCUT2D eigenvalue weighted by Gasteiger charge is 2.45. The van der Waals surface area contributed by atoms with Crippen molar-refractivity contribution in [3.8, 4) is 0 Å². The van der Waals surface area contributed by atoms with Gasteiger partial charge in [0, 0.05) is 24.4 Å². The highest BCUT2D eigenvalue weighted by atomic mass is 16.6. The van der Waals surface area contributed by atoms with Crippen molar-refractivity contribution < 1.29 is 33.6 Å². The molecule has 11 nitrogen and oxygen atoms in total. The van der Waals surface area contributed by atoms with Crippen LogP contribution in [0, 0.1) is 10.1 Å². The normalized spacial score (nSPS) is 16.0. The minimum atomic E-state index is -1.36. The summed E-state index contributed by atoms with van der Waals surface area (Å²) in [5.74, 6) is -2.64. The third-order valence-electron chi connectivity index (χ3n) is 4.83. The zero-order chi connectivity index (χ0) is 24.9. The van der Waals surface area contributed by atoms with Crippen molar-refractivity contribution in [2.45, 2.75) is 39.3 Å². The summed E-state index contributed by atoms with van der Waals surface area (Å²) in [5, 5.41) is 11.3. The number of nitrogens with zero attached hydrogens (tertiary/aromatic N) is 3. The number of carbonyl (C=O) groups excluding carboxylic acids is 4. The number of allylic oxidation sites excluding steroid dienone is 1. The molecule has 1 heterocycles. The number of non-ortho nitro benzene ring substituents is 1. The van der Waals surface area contributed by atoms with E-state index < -0.39 is 47.4 Å². The molecule has 0 N–H and O–H groups in total. The lowest BCUT2D eigenvalue weighted by atomic mass is 9.92. The highest BCUT2D eigenvalue weighted by Crippen LogP contribution is 2.39. The minimum absolute atomic E-state index is 0.0349. The second kappa shape index (κ2) is 10.5. The van der Waals surface area contributed by atoms with Crippen LogP contribution in [-0.4, -0.2) is 58.4 Å². The van der Waals surface area contributed by atoms with Gasteiger partial charge >= 0.3 is 18.0 Å². The van der Waals surface area contributed by atoms with Crippen molar-refractivity contribution >= 4 is 29.6 Å². The van der Waals surface area contributed by atoms with Gasteiger partial charge in [0.05, 0.1) is 23.7 Å². The van der Waals surface area contributed by atoms with Crippen LogP contribution >= 0.6 is 0 Å². The fourth-order valence-electron chi connectivity index (χ4n) is 3.39. The highest BCUT2D eigenvalue weighted by molar-refractivity contribution is 6.06. The van der Waals surface area contributed by atoms with Crippen molar-refractivity contribution in [3.63, 3.8) is 0 Å². The number of esters is 2. The number of nitro benzene ring substituents is 1. The summed E-state index contributed by atoms with van der Waals surface area (Å²) in [7, 11) is 1.09. The summed E-state index contributed by atoms with van der Waals surface area (Å²) in [6.45, 7) is 8.33. The molecular formula is C22H25N3O8. The summed E-state index contributed by atoms with van der Waals surface area (Å²) >= 11 is 0. The van der Waals surface area contributed by atoms with Crippen LogP contribution in [0.25, 0.3) is 0 Å². The lowest BCUT2D eigenvalue weighted by Crippen LogP contribution is -2.53. The molecule has 1 aliphatic rings. The van der Waals surface area contributed by atoms with Crippen molar-refractivity contribution in [1.29, 1.82) is 0 Å². The van der Waals surface area contributed by atoms with Crippen LogP contribution in [0.3, 0.4) is 0 Å². The molecule has 0 saturated carbocycles. The van der Waals surface area contributed by atoms with E-state index in [2.05, 4.69) is 11.3 Å². The Bertz CT molecular complexity index is 1030. The number of imide groups is 1. The number of rotatable bonds is 8. The number of urea groups is 1. The van der Waals surface area contributed by atoms with Gasteiger partial charge in [-0.2, -0.15) is 0 Å². The molecule has 0 spiro atoms. The maximum absolute atomic E-state index is 13.3. The number of hydrogen-bond donors (Lipinski definition) is 0. The maximum atomic E-state index is 13.3. The Morgan fingerprint density at radius 2 is 1.97 bits per heavy atom. The second-order valence-corrected chi connectivity index (χ2v) is 7.41. The molecular weight excluding hydrogens is 434 g/mol. The van der Waals surface area contributed by atoms with E-state index in [0.717, 1.165) is 23.0 Å². The zero-order valence-electron chi connectivity index (χ0n) is 18.8. The SMILES string of the molecule is C=CCN1C(=O)N(C(=O)CC(=O)OC)C(c2cccc([N+](=O)[O-])c2)C(C(=O)OC(C)C)=C1C. The van der Waals surface area contributed by atoms with Crippen molar-refractivity contribution in [2.75, 3.05) is 13.7 Å². The van der Waals surface area contributed by atoms with E-state index in [-0.39, 0.29) is 29.1 Å². The molecule has 33 heavy (non-hydrogen) atoms. The molecule has 1 aliphatic heterocycles. The summed E-state index contributed by atoms with van der Waals surface area (Å²) in [6, 6.07) is 3.04. The maximum Gasteiger partial charge on any atom is 0.338 e. The third kappa shape index (κ3) is 5.43. The fraction of sp³-hybridized carbons (Fsp3) is 0.364. The van der Waals surface area contributed by atoms with Gasteiger partial charge in [0.1, 0.15) is 12.5 Å². The summed E-state index contributed by atoms with van der Waals surface area (Å²) in [6.07, 6.45) is 0.109. The van der Waals surface area contributed by atoms with Crippen LogP contribution in [0.15, 0.2) is 48.2 Å². The van der Waals surface area contributed by atoms with Gasteiger partial charge in [0.2, 0.25) is 5.91 Å². The molecule has 0 bridgehead atoms. The van der Waals surface area contributed by atoms with Crippen LogP contribution in [0.5, 0.6) is 0 Å². The molecule has 2 rings (SSSR count). The number of carbonyl (C=O) groups is 4. The van der Waals surface area contributed by atoms with Crippen LogP contribution < -0.4 is 0 Å². The molecule has 1 unspecified atom stereocenters. The van der Waals surface area contributed by atoms with Crippen molar-refractivity contribution in [1.82, 2.24) is 9.80 Å². The molecule has 0 aromatic heterocycles. The Morgan fingerprint density at radius 1 is 1.30 bits per heavy atom. The number of benzene rings is 1. The quantitative estimate of drug-likeness (QED) is 0.190. The first-order valence-corrected chi connectivity index (χ1v) is 10.0. The molecule has 0 fully saturated rings. The Morgan fingerprint density at radius 3 is 2.52 bits per heavy atom. The van der Waals surface area contributed by atoms with E-state index >= 15 is 0 Å². The van der Waals surface area contributed by atoms with E-state index in [0.29, 0.717) is 0 Å². The van der Waals surface area contributed by atoms with E-state index in [4.69, 9.17) is 4.74 Å². The molecule has 1 aromatic rings. The molecule has 0 saturated heterocycles. The van der Waals surface area contributed by atoms with Crippen LogP contribution in [0.4, 0.5) is 10.5 Å². The lowest BCUT2D eigenvalue weighted by molar-refractivity contribution is -0.384. The molecule has 3 amide bonds. The summed E-state index contributed by atoms with van der Waals surface area (Å²) < 4.78 is 9.90. The minimum Gasteiger partial charge on any atom is -0.469 e. The average molecular weight is 459 g/mol. The van der Waals surface area contributed by atoms with Crippen LogP contribution in [0.2, 0.25) is 0 Å². The molecule has 0 radical (unpaired) electrons. The molecule has 11 heteroatoms. The first-order valence-electron chi connectivity index (χ1n) is 10.0. The van der Waals surface area contributed by atoms with E-state index in [1.165, 1.54) is 31.2 Å².